The van der Waals surface area contributed by atoms with Crippen molar-refractivity contribution in [3.05, 3.63) is 113 Å². The highest BCUT2D eigenvalue weighted by molar-refractivity contribution is 5.54. The topological polar surface area (TPSA) is 41.9 Å². The maximum Gasteiger partial charge on any atom is 0.159 e. The SMILES string of the molecule is Cc1ccc(-c2ncc(CN(Cc3ccccc3)Cc3cccc(C)n3)cn2)cc1. The number of nitrogens with zero attached hydrogens (tertiary/aromatic N) is 4. The van der Waals surface area contributed by atoms with E-state index in [0.29, 0.717) is 0 Å². The van der Waals surface area contributed by atoms with Gasteiger partial charge in [-0.3, -0.25) is 9.88 Å². The minimum absolute atomic E-state index is 0.758. The third kappa shape index (κ3) is 5.37. The summed E-state index contributed by atoms with van der Waals surface area (Å²) in [7, 11) is 0. The van der Waals surface area contributed by atoms with Crippen molar-refractivity contribution in [1.82, 2.24) is 19.9 Å². The van der Waals surface area contributed by atoms with Crippen LogP contribution in [0.25, 0.3) is 11.4 Å². The van der Waals surface area contributed by atoms with Gasteiger partial charge in [0, 0.05) is 48.8 Å². The lowest BCUT2D eigenvalue weighted by Gasteiger charge is -2.22. The van der Waals surface area contributed by atoms with E-state index in [1.165, 1.54) is 11.1 Å². The lowest BCUT2D eigenvalue weighted by molar-refractivity contribution is 0.244. The molecule has 4 rings (SSSR count). The van der Waals surface area contributed by atoms with Gasteiger partial charge in [0.15, 0.2) is 5.82 Å². The van der Waals surface area contributed by atoms with E-state index in [0.717, 1.165) is 48.0 Å². The molecular formula is C26H26N4. The molecule has 0 atom stereocenters. The number of benzene rings is 2. The molecule has 4 nitrogen and oxygen atoms in total. The van der Waals surface area contributed by atoms with Crippen LogP contribution in [0.1, 0.15) is 28.1 Å². The van der Waals surface area contributed by atoms with Crippen LogP contribution in [-0.4, -0.2) is 19.9 Å². The summed E-state index contributed by atoms with van der Waals surface area (Å²) in [6.07, 6.45) is 3.87. The lowest BCUT2D eigenvalue weighted by Crippen LogP contribution is -2.23. The van der Waals surface area contributed by atoms with Gasteiger partial charge in [0.25, 0.3) is 0 Å². The highest BCUT2D eigenvalue weighted by Gasteiger charge is 2.11. The molecule has 0 radical (unpaired) electrons. The number of aryl methyl sites for hydroxylation is 2. The molecule has 4 heteroatoms. The van der Waals surface area contributed by atoms with Crippen LogP contribution in [-0.2, 0) is 19.6 Å². The Bertz CT molecular complexity index is 1070. The first-order chi connectivity index (χ1) is 14.7. The van der Waals surface area contributed by atoms with Gasteiger partial charge in [0.2, 0.25) is 0 Å². The largest absolute Gasteiger partial charge is 0.289 e. The second-order valence-corrected chi connectivity index (χ2v) is 7.68. The van der Waals surface area contributed by atoms with Crippen LogP contribution in [0.3, 0.4) is 0 Å². The third-order valence-electron chi connectivity index (χ3n) is 5.00. The Morgan fingerprint density at radius 1 is 0.667 bits per heavy atom. The van der Waals surface area contributed by atoms with Gasteiger partial charge in [-0.05, 0) is 31.5 Å². The fourth-order valence-electron chi connectivity index (χ4n) is 3.47. The quantitative estimate of drug-likeness (QED) is 0.423. The predicted octanol–water partition coefficient (Wildman–Crippen LogP) is 5.36. The van der Waals surface area contributed by atoms with E-state index in [1.54, 1.807) is 0 Å². The molecule has 30 heavy (non-hydrogen) atoms. The zero-order chi connectivity index (χ0) is 20.8. The van der Waals surface area contributed by atoms with Crippen LogP contribution in [0.15, 0.2) is 85.2 Å². The van der Waals surface area contributed by atoms with E-state index >= 15 is 0 Å². The van der Waals surface area contributed by atoms with Crippen LogP contribution in [0.4, 0.5) is 0 Å². The summed E-state index contributed by atoms with van der Waals surface area (Å²) in [5.41, 5.74) is 6.76. The molecule has 2 aromatic carbocycles. The standard InChI is InChI=1S/C26H26N4/c1-20-11-13-24(14-12-20)26-27-15-23(16-28-26)18-30(17-22-8-4-3-5-9-22)19-25-10-6-7-21(2)29-25/h3-16H,17-19H2,1-2H3. The van der Waals surface area contributed by atoms with Crippen LogP contribution >= 0.6 is 0 Å². The molecular weight excluding hydrogens is 368 g/mol. The molecule has 0 spiro atoms. The summed E-state index contributed by atoms with van der Waals surface area (Å²) < 4.78 is 0. The zero-order valence-electron chi connectivity index (χ0n) is 17.5. The summed E-state index contributed by atoms with van der Waals surface area (Å²) in [5, 5.41) is 0. The van der Waals surface area contributed by atoms with E-state index in [4.69, 9.17) is 0 Å². The Labute approximate surface area is 178 Å². The van der Waals surface area contributed by atoms with Gasteiger partial charge >= 0.3 is 0 Å². The Hall–Kier alpha value is -3.37. The number of hydrogen-bond donors (Lipinski definition) is 0. The van der Waals surface area contributed by atoms with E-state index in [-0.39, 0.29) is 0 Å². The smallest absolute Gasteiger partial charge is 0.159 e. The van der Waals surface area contributed by atoms with Gasteiger partial charge in [-0.15, -0.1) is 0 Å². The van der Waals surface area contributed by atoms with Gasteiger partial charge in [0.1, 0.15) is 0 Å². The Kier molecular flexibility index (Phi) is 6.26. The molecule has 0 unspecified atom stereocenters. The maximum absolute atomic E-state index is 4.68. The molecule has 2 aromatic heterocycles. The van der Waals surface area contributed by atoms with E-state index in [1.807, 2.05) is 31.5 Å². The van der Waals surface area contributed by atoms with Crippen LogP contribution in [0, 0.1) is 13.8 Å². The molecule has 4 aromatic rings. The van der Waals surface area contributed by atoms with Gasteiger partial charge in [0.05, 0.1) is 5.69 Å². The van der Waals surface area contributed by atoms with Crippen LogP contribution in [0.2, 0.25) is 0 Å². The molecule has 0 N–H and O–H groups in total. The fourth-order valence-corrected chi connectivity index (χ4v) is 3.47. The molecule has 150 valence electrons. The first-order valence-corrected chi connectivity index (χ1v) is 10.2. The highest BCUT2D eigenvalue weighted by atomic mass is 15.1. The molecule has 0 fully saturated rings. The summed E-state index contributed by atoms with van der Waals surface area (Å²) in [6.45, 7) is 6.49. The predicted molar refractivity (Wildman–Crippen MR) is 121 cm³/mol. The minimum atomic E-state index is 0.758. The van der Waals surface area contributed by atoms with Crippen molar-refractivity contribution in [3.8, 4) is 11.4 Å². The van der Waals surface area contributed by atoms with Crippen molar-refractivity contribution in [1.29, 1.82) is 0 Å². The summed E-state index contributed by atoms with van der Waals surface area (Å²) in [5.74, 6) is 0.758. The maximum atomic E-state index is 4.68. The summed E-state index contributed by atoms with van der Waals surface area (Å²) >= 11 is 0. The molecule has 0 bridgehead atoms. The average molecular weight is 395 g/mol. The van der Waals surface area contributed by atoms with E-state index in [9.17, 15) is 0 Å². The van der Waals surface area contributed by atoms with Crippen molar-refractivity contribution < 1.29 is 0 Å². The number of rotatable bonds is 7. The van der Waals surface area contributed by atoms with Crippen molar-refractivity contribution in [2.75, 3.05) is 0 Å². The van der Waals surface area contributed by atoms with Gasteiger partial charge in [-0.25, -0.2) is 9.97 Å². The molecule has 0 saturated carbocycles. The second-order valence-electron chi connectivity index (χ2n) is 7.68. The highest BCUT2D eigenvalue weighted by Crippen LogP contribution is 2.17. The molecule has 2 heterocycles. The second kappa shape index (κ2) is 9.42. The van der Waals surface area contributed by atoms with Crippen molar-refractivity contribution in [3.63, 3.8) is 0 Å². The molecule has 0 saturated heterocycles. The third-order valence-corrected chi connectivity index (χ3v) is 5.00. The van der Waals surface area contributed by atoms with Crippen LogP contribution in [0.5, 0.6) is 0 Å². The molecule has 0 aliphatic rings. The minimum Gasteiger partial charge on any atom is -0.289 e. The first-order valence-electron chi connectivity index (χ1n) is 10.2. The lowest BCUT2D eigenvalue weighted by atomic mass is 10.1. The number of pyridine rings is 1. The average Bonchev–Trinajstić information content (AvgIpc) is 2.76. The van der Waals surface area contributed by atoms with Crippen molar-refractivity contribution in [2.45, 2.75) is 33.5 Å². The van der Waals surface area contributed by atoms with Gasteiger partial charge in [-0.1, -0.05) is 66.2 Å². The molecule has 0 amide bonds. The monoisotopic (exact) mass is 394 g/mol. The van der Waals surface area contributed by atoms with E-state index in [2.05, 4.69) is 87.4 Å². The number of hydrogen-bond acceptors (Lipinski definition) is 4. The summed E-state index contributed by atoms with van der Waals surface area (Å²) in [4.78, 5) is 16.3. The Balaban J connectivity index is 1.52. The molecule has 0 aliphatic heterocycles. The van der Waals surface area contributed by atoms with Crippen molar-refractivity contribution in [2.24, 2.45) is 0 Å². The molecule has 0 aliphatic carbocycles. The van der Waals surface area contributed by atoms with Gasteiger partial charge < -0.3 is 0 Å². The van der Waals surface area contributed by atoms with Crippen molar-refractivity contribution >= 4 is 0 Å². The first kappa shape index (κ1) is 19.9. The normalized spacial score (nSPS) is 11.0. The van der Waals surface area contributed by atoms with Crippen LogP contribution < -0.4 is 0 Å². The summed E-state index contributed by atoms with van der Waals surface area (Å²) in [6, 6.07) is 25.0. The Morgan fingerprint density at radius 3 is 2.07 bits per heavy atom. The fraction of sp³-hybridized carbons (Fsp3) is 0.192. The number of aromatic nitrogens is 3. The van der Waals surface area contributed by atoms with Gasteiger partial charge in [-0.2, -0.15) is 0 Å². The zero-order valence-corrected chi connectivity index (χ0v) is 17.5. The Morgan fingerprint density at radius 2 is 1.37 bits per heavy atom. The van der Waals surface area contributed by atoms with E-state index < -0.39 is 0 Å².